The van der Waals surface area contributed by atoms with Gasteiger partial charge in [-0.25, -0.2) is 15.0 Å². The summed E-state index contributed by atoms with van der Waals surface area (Å²) in [6.45, 7) is 3.72. The first kappa shape index (κ1) is 16.3. The summed E-state index contributed by atoms with van der Waals surface area (Å²) < 4.78 is 10.8. The number of ether oxygens (including phenoxy) is 2. The zero-order valence-corrected chi connectivity index (χ0v) is 14.6. The number of anilines is 1. The molecule has 3 rings (SSSR count). The van der Waals surface area contributed by atoms with E-state index in [1.807, 2.05) is 13.0 Å². The Balaban J connectivity index is 2.33. The second kappa shape index (κ2) is 6.13. The summed E-state index contributed by atoms with van der Waals surface area (Å²) in [5.41, 5.74) is 8.90. The van der Waals surface area contributed by atoms with Gasteiger partial charge < -0.3 is 15.2 Å². The van der Waals surface area contributed by atoms with Gasteiger partial charge in [-0.3, -0.25) is 0 Å². The van der Waals surface area contributed by atoms with Crippen LogP contribution in [0.25, 0.3) is 22.2 Å². The molecule has 0 unspecified atom stereocenters. The number of hydrogen-bond acceptors (Lipinski definition) is 6. The molecule has 6 nitrogen and oxygen atoms in total. The van der Waals surface area contributed by atoms with Crippen LogP contribution in [0.2, 0.25) is 5.02 Å². The van der Waals surface area contributed by atoms with Gasteiger partial charge in [0.05, 0.1) is 24.9 Å². The van der Waals surface area contributed by atoms with E-state index in [1.165, 1.54) is 0 Å². The number of halogens is 1. The zero-order valence-electron chi connectivity index (χ0n) is 13.8. The Morgan fingerprint density at radius 2 is 1.75 bits per heavy atom. The van der Waals surface area contributed by atoms with Crippen LogP contribution in [-0.2, 0) is 0 Å². The van der Waals surface area contributed by atoms with Crippen molar-refractivity contribution in [2.75, 3.05) is 20.0 Å². The second-order valence-corrected chi connectivity index (χ2v) is 5.72. The number of hydrogen-bond donors (Lipinski definition) is 1. The topological polar surface area (TPSA) is 83.2 Å². The fourth-order valence-corrected chi connectivity index (χ4v) is 3.02. The van der Waals surface area contributed by atoms with Gasteiger partial charge in [0.1, 0.15) is 22.8 Å². The predicted octanol–water partition coefficient (Wildman–Crippen LogP) is 3.56. The van der Waals surface area contributed by atoms with Crippen molar-refractivity contribution in [2.24, 2.45) is 0 Å². The maximum atomic E-state index is 6.51. The number of fused-ring (bicyclic) bond motifs is 1. The quantitative estimate of drug-likeness (QED) is 0.782. The van der Waals surface area contributed by atoms with E-state index in [4.69, 9.17) is 26.8 Å². The van der Waals surface area contributed by atoms with E-state index in [0.29, 0.717) is 44.9 Å². The molecule has 0 aliphatic carbocycles. The molecule has 0 aliphatic rings. The van der Waals surface area contributed by atoms with Gasteiger partial charge >= 0.3 is 0 Å². The summed E-state index contributed by atoms with van der Waals surface area (Å²) >= 11 is 6.51. The molecule has 3 aromatic rings. The van der Waals surface area contributed by atoms with Crippen LogP contribution in [0.4, 0.5) is 5.82 Å². The van der Waals surface area contributed by atoms with E-state index in [0.717, 1.165) is 10.9 Å². The highest BCUT2D eigenvalue weighted by atomic mass is 35.5. The van der Waals surface area contributed by atoms with Gasteiger partial charge in [-0.1, -0.05) is 11.6 Å². The Labute approximate surface area is 144 Å². The molecule has 0 saturated carbocycles. The number of benzene rings is 1. The van der Waals surface area contributed by atoms with Crippen molar-refractivity contribution >= 4 is 28.3 Å². The second-order valence-electron chi connectivity index (χ2n) is 5.34. The molecule has 0 fully saturated rings. The van der Waals surface area contributed by atoms with Crippen molar-refractivity contribution in [3.05, 3.63) is 34.7 Å². The van der Waals surface area contributed by atoms with Gasteiger partial charge in [-0.2, -0.15) is 0 Å². The van der Waals surface area contributed by atoms with E-state index >= 15 is 0 Å². The van der Waals surface area contributed by atoms with E-state index in [9.17, 15) is 0 Å². The molecule has 2 N–H and O–H groups in total. The van der Waals surface area contributed by atoms with Crippen LogP contribution in [0.1, 0.15) is 11.4 Å². The Morgan fingerprint density at radius 1 is 1.04 bits per heavy atom. The summed E-state index contributed by atoms with van der Waals surface area (Å²) in [6.07, 6.45) is 1.72. The lowest BCUT2D eigenvalue weighted by Gasteiger charge is -2.16. The molecule has 0 amide bonds. The average molecular weight is 345 g/mol. The van der Waals surface area contributed by atoms with Crippen LogP contribution >= 0.6 is 11.6 Å². The highest BCUT2D eigenvalue weighted by Gasteiger charge is 2.19. The molecule has 0 aliphatic heterocycles. The number of aryl methyl sites for hydroxylation is 1. The highest BCUT2D eigenvalue weighted by Crippen LogP contribution is 2.42. The molecule has 124 valence electrons. The van der Waals surface area contributed by atoms with Gasteiger partial charge in [0, 0.05) is 28.8 Å². The summed E-state index contributed by atoms with van der Waals surface area (Å²) in [6, 6.07) is 3.61. The Hall–Kier alpha value is -2.60. The minimum atomic E-state index is 0.324. The normalized spacial score (nSPS) is 10.9. The average Bonchev–Trinajstić information content (AvgIpc) is 2.56. The van der Waals surface area contributed by atoms with Gasteiger partial charge in [0.15, 0.2) is 5.82 Å². The van der Waals surface area contributed by atoms with Gasteiger partial charge in [-0.05, 0) is 19.9 Å². The van der Waals surface area contributed by atoms with Crippen LogP contribution in [0.5, 0.6) is 11.5 Å². The standard InChI is InChI=1S/C17H17ClN4O2/c1-8-12(23-3)6-13(24-4)15(18)14(8)11-5-10-7-20-9(2)21-16(10)17(19)22-11/h5-7H,1-4H3,(H2,19,22). The van der Waals surface area contributed by atoms with Crippen molar-refractivity contribution in [3.63, 3.8) is 0 Å². The SMILES string of the molecule is COc1cc(OC)c(Cl)c(-c2cc3cnc(C)nc3c(N)n2)c1C. The summed E-state index contributed by atoms with van der Waals surface area (Å²) in [5.74, 6) is 2.13. The highest BCUT2D eigenvalue weighted by molar-refractivity contribution is 6.35. The maximum absolute atomic E-state index is 6.51. The van der Waals surface area contributed by atoms with E-state index in [-0.39, 0.29) is 0 Å². The largest absolute Gasteiger partial charge is 0.496 e. The Bertz CT molecular complexity index is 916. The predicted molar refractivity (Wildman–Crippen MR) is 94.8 cm³/mol. The number of nitrogens with two attached hydrogens (primary N) is 1. The monoisotopic (exact) mass is 344 g/mol. The molecule has 7 heteroatoms. The molecule has 0 radical (unpaired) electrons. The number of pyridine rings is 1. The van der Waals surface area contributed by atoms with Crippen molar-refractivity contribution in [1.29, 1.82) is 0 Å². The maximum Gasteiger partial charge on any atom is 0.150 e. The van der Waals surface area contributed by atoms with Gasteiger partial charge in [-0.15, -0.1) is 0 Å². The minimum absolute atomic E-state index is 0.324. The lowest BCUT2D eigenvalue weighted by atomic mass is 10.0. The Kier molecular flexibility index (Phi) is 4.15. The van der Waals surface area contributed by atoms with Crippen molar-refractivity contribution < 1.29 is 9.47 Å². The summed E-state index contributed by atoms with van der Waals surface area (Å²) in [7, 11) is 3.15. The zero-order chi connectivity index (χ0) is 17.4. The third-order valence-corrected chi connectivity index (χ3v) is 4.23. The van der Waals surface area contributed by atoms with Crippen LogP contribution in [0.15, 0.2) is 18.3 Å². The lowest BCUT2D eigenvalue weighted by Crippen LogP contribution is -2.01. The first-order valence-corrected chi connectivity index (χ1v) is 7.65. The first-order chi connectivity index (χ1) is 11.5. The molecule has 0 spiro atoms. The molecular weight excluding hydrogens is 328 g/mol. The molecule has 0 bridgehead atoms. The minimum Gasteiger partial charge on any atom is -0.496 e. The summed E-state index contributed by atoms with van der Waals surface area (Å²) in [4.78, 5) is 13.0. The van der Waals surface area contributed by atoms with E-state index < -0.39 is 0 Å². The number of rotatable bonds is 3. The molecular formula is C17H17ClN4O2. The van der Waals surface area contributed by atoms with E-state index in [2.05, 4.69) is 15.0 Å². The fraction of sp³-hybridized carbons (Fsp3) is 0.235. The first-order valence-electron chi connectivity index (χ1n) is 7.27. The fourth-order valence-electron chi connectivity index (χ4n) is 2.65. The smallest absolute Gasteiger partial charge is 0.150 e. The van der Waals surface area contributed by atoms with Crippen LogP contribution in [0, 0.1) is 13.8 Å². The lowest BCUT2D eigenvalue weighted by molar-refractivity contribution is 0.393. The number of nitrogen functional groups attached to an aromatic ring is 1. The third-order valence-electron chi connectivity index (χ3n) is 3.85. The molecule has 0 atom stereocenters. The van der Waals surface area contributed by atoms with Gasteiger partial charge in [0.25, 0.3) is 0 Å². The summed E-state index contributed by atoms with van der Waals surface area (Å²) in [5, 5.41) is 1.25. The van der Waals surface area contributed by atoms with Crippen LogP contribution in [0.3, 0.4) is 0 Å². The van der Waals surface area contributed by atoms with Gasteiger partial charge in [0.2, 0.25) is 0 Å². The molecule has 2 heterocycles. The van der Waals surface area contributed by atoms with Crippen LogP contribution in [-0.4, -0.2) is 29.2 Å². The van der Waals surface area contributed by atoms with Crippen molar-refractivity contribution in [2.45, 2.75) is 13.8 Å². The molecule has 2 aromatic heterocycles. The number of methoxy groups -OCH3 is 2. The van der Waals surface area contributed by atoms with E-state index in [1.54, 1.807) is 33.4 Å². The van der Waals surface area contributed by atoms with Crippen molar-refractivity contribution in [3.8, 4) is 22.8 Å². The molecule has 24 heavy (non-hydrogen) atoms. The Morgan fingerprint density at radius 3 is 2.42 bits per heavy atom. The molecule has 1 aromatic carbocycles. The molecule has 0 saturated heterocycles. The third kappa shape index (κ3) is 2.59. The number of aromatic nitrogens is 3. The van der Waals surface area contributed by atoms with Crippen LogP contribution < -0.4 is 15.2 Å². The number of nitrogens with zero attached hydrogens (tertiary/aromatic N) is 3. The van der Waals surface area contributed by atoms with Crippen molar-refractivity contribution in [1.82, 2.24) is 15.0 Å².